The van der Waals surface area contributed by atoms with Crippen molar-refractivity contribution in [1.29, 1.82) is 0 Å². The highest BCUT2D eigenvalue weighted by molar-refractivity contribution is 5.95. The van der Waals surface area contributed by atoms with Crippen LogP contribution in [0.3, 0.4) is 0 Å². The molecule has 0 saturated carbocycles. The second kappa shape index (κ2) is 14.0. The number of nitrogens with one attached hydrogen (secondary N) is 1. The molecule has 1 saturated heterocycles. The first kappa shape index (κ1) is 29.8. The van der Waals surface area contributed by atoms with E-state index >= 15 is 0 Å². The van der Waals surface area contributed by atoms with Crippen LogP contribution in [-0.2, 0) is 11.2 Å². The van der Waals surface area contributed by atoms with Crippen LogP contribution in [-0.4, -0.2) is 58.2 Å². The SMILES string of the molecule is CC(C)Cc1nc(-c2cnc(N3CCC(CCCOc4cc(F)c(C(=O)NCCC(N)=O)c(F)c4)CC3)nc2)no1. The Balaban J connectivity index is 1.18. The van der Waals surface area contributed by atoms with Gasteiger partial charge in [-0.05, 0) is 37.5 Å². The van der Waals surface area contributed by atoms with E-state index in [0.717, 1.165) is 57.3 Å². The molecule has 1 fully saturated rings. The molecule has 2 aromatic heterocycles. The quantitative estimate of drug-likeness (QED) is 0.293. The lowest BCUT2D eigenvalue weighted by atomic mass is 9.92. The summed E-state index contributed by atoms with van der Waals surface area (Å²) in [6.45, 7) is 6.02. The predicted octanol–water partition coefficient (Wildman–Crippen LogP) is 3.68. The summed E-state index contributed by atoms with van der Waals surface area (Å²) >= 11 is 0. The van der Waals surface area contributed by atoms with Crippen molar-refractivity contribution >= 4 is 17.8 Å². The van der Waals surface area contributed by atoms with Gasteiger partial charge in [-0.2, -0.15) is 4.98 Å². The summed E-state index contributed by atoms with van der Waals surface area (Å²) in [6, 6.07) is 1.97. The monoisotopic (exact) mass is 571 g/mol. The molecule has 0 aliphatic carbocycles. The molecule has 41 heavy (non-hydrogen) atoms. The molecule has 3 N–H and O–H groups in total. The lowest BCUT2D eigenvalue weighted by molar-refractivity contribution is -0.117. The summed E-state index contributed by atoms with van der Waals surface area (Å²) in [4.78, 5) is 38.4. The fourth-order valence-electron chi connectivity index (χ4n) is 4.63. The molecule has 13 heteroatoms. The standard InChI is InChI=1S/C28H35F2N7O4/c1-17(2)12-24-35-26(36-41-24)19-15-33-28(34-16-19)37-9-6-18(7-10-37)4-3-11-40-20-13-21(29)25(22(30)14-20)27(39)32-8-5-23(31)38/h13-18H,3-12H2,1-2H3,(H2,31,38)(H,32,39). The number of nitrogens with zero attached hydrogens (tertiary/aromatic N) is 5. The Bertz CT molecular complexity index is 1300. The molecule has 0 spiro atoms. The van der Waals surface area contributed by atoms with Crippen LogP contribution in [0.4, 0.5) is 14.7 Å². The number of nitrogens with two attached hydrogens (primary N) is 1. The van der Waals surface area contributed by atoms with Crippen LogP contribution < -0.4 is 20.7 Å². The van der Waals surface area contributed by atoms with Crippen LogP contribution in [0, 0.1) is 23.5 Å². The Morgan fingerprint density at radius 1 is 1.17 bits per heavy atom. The molecule has 1 aromatic carbocycles. The minimum absolute atomic E-state index is 0.0149. The van der Waals surface area contributed by atoms with Gasteiger partial charge in [-0.1, -0.05) is 19.0 Å². The Hall–Kier alpha value is -4.16. The van der Waals surface area contributed by atoms with Crippen LogP contribution in [0.1, 0.15) is 62.2 Å². The van der Waals surface area contributed by atoms with Crippen molar-refractivity contribution in [3.05, 3.63) is 47.6 Å². The maximum atomic E-state index is 14.4. The number of hydrogen-bond donors (Lipinski definition) is 2. The largest absolute Gasteiger partial charge is 0.493 e. The van der Waals surface area contributed by atoms with Crippen LogP contribution in [0.25, 0.3) is 11.4 Å². The van der Waals surface area contributed by atoms with Gasteiger partial charge in [-0.15, -0.1) is 0 Å². The van der Waals surface area contributed by atoms with E-state index in [-0.39, 0.29) is 18.7 Å². The van der Waals surface area contributed by atoms with Gasteiger partial charge in [-0.3, -0.25) is 9.59 Å². The number of benzene rings is 1. The molecule has 3 aromatic rings. The van der Waals surface area contributed by atoms with E-state index < -0.39 is 29.0 Å². The smallest absolute Gasteiger partial charge is 0.257 e. The van der Waals surface area contributed by atoms with Gasteiger partial charge in [0.1, 0.15) is 22.9 Å². The summed E-state index contributed by atoms with van der Waals surface area (Å²) < 4.78 is 39.6. The van der Waals surface area contributed by atoms with Crippen LogP contribution in [0.15, 0.2) is 29.0 Å². The van der Waals surface area contributed by atoms with Crippen molar-refractivity contribution in [2.75, 3.05) is 31.1 Å². The fraction of sp³-hybridized carbons (Fsp3) is 0.500. The molecule has 11 nitrogen and oxygen atoms in total. The number of ether oxygens (including phenoxy) is 1. The molecular weight excluding hydrogens is 536 g/mol. The van der Waals surface area contributed by atoms with Gasteiger partial charge < -0.3 is 25.2 Å². The molecular formula is C28H35F2N7O4. The third kappa shape index (κ3) is 8.41. The van der Waals surface area contributed by atoms with Crippen molar-refractivity contribution in [2.24, 2.45) is 17.6 Å². The number of amides is 2. The number of anilines is 1. The summed E-state index contributed by atoms with van der Waals surface area (Å²) in [7, 11) is 0. The molecule has 2 amide bonds. The summed E-state index contributed by atoms with van der Waals surface area (Å²) in [5, 5.41) is 6.29. The Labute approximate surface area is 236 Å². The van der Waals surface area contributed by atoms with Crippen LogP contribution in [0.5, 0.6) is 5.75 Å². The zero-order chi connectivity index (χ0) is 29.4. The second-order valence-corrected chi connectivity index (χ2v) is 10.5. The van der Waals surface area contributed by atoms with Crippen molar-refractivity contribution < 1.29 is 27.6 Å². The minimum Gasteiger partial charge on any atom is -0.493 e. The maximum absolute atomic E-state index is 14.4. The number of rotatable bonds is 13. The van der Waals surface area contributed by atoms with Gasteiger partial charge in [0, 0.05) is 57.0 Å². The lowest BCUT2D eigenvalue weighted by Crippen LogP contribution is -2.34. The normalized spacial score (nSPS) is 13.9. The summed E-state index contributed by atoms with van der Waals surface area (Å²) in [6.07, 6.45) is 7.59. The molecule has 1 aliphatic rings. The van der Waals surface area contributed by atoms with Crippen molar-refractivity contribution in [2.45, 2.75) is 52.4 Å². The molecule has 3 heterocycles. The first-order chi connectivity index (χ1) is 19.7. The third-order valence-electron chi connectivity index (χ3n) is 6.77. The number of carbonyl (C=O) groups excluding carboxylic acids is 2. The number of aromatic nitrogens is 4. The Morgan fingerprint density at radius 3 is 2.49 bits per heavy atom. The first-order valence-corrected chi connectivity index (χ1v) is 13.8. The molecule has 1 aliphatic heterocycles. The van der Waals surface area contributed by atoms with Gasteiger partial charge in [0.2, 0.25) is 23.6 Å². The van der Waals surface area contributed by atoms with Crippen LogP contribution in [0.2, 0.25) is 0 Å². The van der Waals surface area contributed by atoms with E-state index in [1.165, 1.54) is 0 Å². The lowest BCUT2D eigenvalue weighted by Gasteiger charge is -2.32. The molecule has 0 radical (unpaired) electrons. The molecule has 0 bridgehead atoms. The average molecular weight is 572 g/mol. The van der Waals surface area contributed by atoms with E-state index in [2.05, 4.69) is 44.2 Å². The first-order valence-electron chi connectivity index (χ1n) is 13.8. The molecule has 220 valence electrons. The predicted molar refractivity (Wildman–Crippen MR) is 146 cm³/mol. The van der Waals surface area contributed by atoms with Gasteiger partial charge in [0.05, 0.1) is 12.2 Å². The summed E-state index contributed by atoms with van der Waals surface area (Å²) in [5.74, 6) is -0.974. The van der Waals surface area contributed by atoms with Gasteiger partial charge in [0.25, 0.3) is 5.91 Å². The highest BCUT2D eigenvalue weighted by Crippen LogP contribution is 2.26. The Kier molecular flexibility index (Phi) is 10.1. The highest BCUT2D eigenvalue weighted by Gasteiger charge is 2.22. The summed E-state index contributed by atoms with van der Waals surface area (Å²) in [5.41, 5.74) is 4.98. The van der Waals surface area contributed by atoms with E-state index in [0.29, 0.717) is 41.7 Å². The number of hydrogen-bond acceptors (Lipinski definition) is 9. The maximum Gasteiger partial charge on any atom is 0.257 e. The van der Waals surface area contributed by atoms with E-state index in [1.54, 1.807) is 12.4 Å². The van der Waals surface area contributed by atoms with Crippen molar-refractivity contribution in [1.82, 2.24) is 25.4 Å². The number of halogens is 2. The number of carbonyl (C=O) groups is 2. The molecule has 0 atom stereocenters. The van der Waals surface area contributed by atoms with Crippen LogP contribution >= 0.6 is 0 Å². The molecule has 4 rings (SSSR count). The van der Waals surface area contributed by atoms with Gasteiger partial charge >= 0.3 is 0 Å². The zero-order valence-electron chi connectivity index (χ0n) is 23.2. The number of piperidine rings is 1. The third-order valence-corrected chi connectivity index (χ3v) is 6.77. The van der Waals surface area contributed by atoms with Crippen molar-refractivity contribution in [3.63, 3.8) is 0 Å². The Morgan fingerprint density at radius 2 is 1.85 bits per heavy atom. The topological polar surface area (TPSA) is 149 Å². The minimum atomic E-state index is -1.03. The van der Waals surface area contributed by atoms with Crippen molar-refractivity contribution in [3.8, 4) is 17.1 Å². The second-order valence-electron chi connectivity index (χ2n) is 10.5. The number of primary amides is 1. The van der Waals surface area contributed by atoms with E-state index in [4.69, 9.17) is 15.0 Å². The van der Waals surface area contributed by atoms with E-state index in [9.17, 15) is 18.4 Å². The average Bonchev–Trinajstić information content (AvgIpc) is 3.39. The van der Waals surface area contributed by atoms with Gasteiger partial charge in [-0.25, -0.2) is 18.7 Å². The fourth-order valence-corrected chi connectivity index (χ4v) is 4.63. The van der Waals surface area contributed by atoms with Gasteiger partial charge in [0.15, 0.2) is 0 Å². The highest BCUT2D eigenvalue weighted by atomic mass is 19.1. The van der Waals surface area contributed by atoms with E-state index in [1.807, 2.05) is 0 Å². The zero-order valence-corrected chi connectivity index (χ0v) is 23.2. The molecule has 0 unspecified atom stereocenters.